The highest BCUT2D eigenvalue weighted by Crippen LogP contribution is 2.35. The van der Waals surface area contributed by atoms with E-state index in [2.05, 4.69) is 19.9 Å². The number of pyridine rings is 1. The van der Waals surface area contributed by atoms with Crippen molar-refractivity contribution in [1.29, 1.82) is 0 Å². The van der Waals surface area contributed by atoms with Gasteiger partial charge in [0.15, 0.2) is 11.3 Å². The summed E-state index contributed by atoms with van der Waals surface area (Å²) < 4.78 is 56.7. The van der Waals surface area contributed by atoms with Gasteiger partial charge in [-0.3, -0.25) is 19.3 Å². The van der Waals surface area contributed by atoms with E-state index in [4.69, 9.17) is 0 Å². The van der Waals surface area contributed by atoms with Gasteiger partial charge in [0.25, 0.3) is 5.56 Å². The number of benzene rings is 1. The molecule has 0 atom stereocenters. The number of aromatic nitrogens is 5. The van der Waals surface area contributed by atoms with E-state index in [9.17, 15) is 22.4 Å². The van der Waals surface area contributed by atoms with Crippen LogP contribution in [-0.2, 0) is 12.7 Å². The Morgan fingerprint density at radius 2 is 1.74 bits per heavy atom. The highest BCUT2D eigenvalue weighted by Gasteiger charge is 2.36. The highest BCUT2D eigenvalue weighted by atomic mass is 19.4. The first-order valence-corrected chi connectivity index (χ1v) is 12.3. The van der Waals surface area contributed by atoms with E-state index >= 15 is 0 Å². The summed E-state index contributed by atoms with van der Waals surface area (Å²) in [6.07, 6.45) is 0.144. The lowest BCUT2D eigenvalue weighted by molar-refractivity contribution is -0.142. The molecular formula is C27H26F4N6O. The van der Waals surface area contributed by atoms with E-state index in [1.807, 2.05) is 17.9 Å². The Hall–Kier alpha value is -3.89. The van der Waals surface area contributed by atoms with Crippen LogP contribution >= 0.6 is 0 Å². The smallest absolute Gasteiger partial charge is 0.369 e. The number of anilines is 1. The van der Waals surface area contributed by atoms with E-state index in [1.165, 1.54) is 16.8 Å². The Balaban J connectivity index is 1.57. The van der Waals surface area contributed by atoms with Crippen LogP contribution in [0.1, 0.15) is 52.5 Å². The number of hydrogen-bond donors (Lipinski definition) is 0. The SMILES string of the molecule is Cc1cnc2c(C)c(C3CCN(c4c(C)cccc4F)CC3)c(=O)n(Cc3nccnc3C(F)(F)F)c2n1. The first kappa shape index (κ1) is 25.7. The zero-order chi connectivity index (χ0) is 27.2. The molecular weight excluding hydrogens is 500 g/mol. The number of hydrogen-bond acceptors (Lipinski definition) is 6. The van der Waals surface area contributed by atoms with Gasteiger partial charge in [0.2, 0.25) is 0 Å². The van der Waals surface area contributed by atoms with Crippen LogP contribution in [0.5, 0.6) is 0 Å². The molecule has 3 aromatic heterocycles. The summed E-state index contributed by atoms with van der Waals surface area (Å²) in [5.41, 5.74) is 1.80. The highest BCUT2D eigenvalue weighted by molar-refractivity contribution is 5.76. The molecule has 0 bridgehead atoms. The van der Waals surface area contributed by atoms with E-state index in [0.717, 1.165) is 11.8 Å². The van der Waals surface area contributed by atoms with Crippen LogP contribution in [0.25, 0.3) is 11.2 Å². The molecule has 1 saturated heterocycles. The third-order valence-corrected chi connectivity index (χ3v) is 7.12. The predicted molar refractivity (Wildman–Crippen MR) is 135 cm³/mol. The van der Waals surface area contributed by atoms with Crippen molar-refractivity contribution in [2.24, 2.45) is 0 Å². The fourth-order valence-electron chi connectivity index (χ4n) is 5.36. The zero-order valence-corrected chi connectivity index (χ0v) is 21.2. The number of alkyl halides is 3. The molecule has 198 valence electrons. The molecule has 1 aliphatic heterocycles. The second-order valence-corrected chi connectivity index (χ2v) is 9.63. The van der Waals surface area contributed by atoms with Crippen LogP contribution in [0.4, 0.5) is 23.2 Å². The minimum Gasteiger partial charge on any atom is -0.369 e. The van der Waals surface area contributed by atoms with Crippen LogP contribution in [-0.4, -0.2) is 37.6 Å². The number of halogens is 4. The molecule has 11 heteroatoms. The van der Waals surface area contributed by atoms with E-state index in [0.29, 0.717) is 54.0 Å². The Kier molecular flexibility index (Phi) is 6.62. The maximum Gasteiger partial charge on any atom is 0.435 e. The van der Waals surface area contributed by atoms with Crippen molar-refractivity contribution < 1.29 is 17.6 Å². The number of aryl methyl sites for hydroxylation is 3. The summed E-state index contributed by atoms with van der Waals surface area (Å²) >= 11 is 0. The molecule has 1 aromatic carbocycles. The number of piperidine rings is 1. The van der Waals surface area contributed by atoms with Crippen molar-refractivity contribution in [2.45, 2.75) is 52.3 Å². The van der Waals surface area contributed by atoms with Crippen molar-refractivity contribution in [3.8, 4) is 0 Å². The second kappa shape index (κ2) is 9.77. The first-order valence-electron chi connectivity index (χ1n) is 12.3. The predicted octanol–water partition coefficient (Wildman–Crippen LogP) is 5.10. The molecule has 0 N–H and O–H groups in total. The second-order valence-electron chi connectivity index (χ2n) is 9.63. The van der Waals surface area contributed by atoms with Crippen LogP contribution in [0, 0.1) is 26.6 Å². The van der Waals surface area contributed by atoms with Crippen LogP contribution in [0.15, 0.2) is 41.6 Å². The standard InChI is InChI=1S/C27H26F4N6O/c1-15-5-4-6-19(28)23(15)36-11-7-18(8-12-36)21-17(3)22-25(35-16(2)13-34-22)37(26(21)38)14-20-24(27(29,30)31)33-10-9-32-20/h4-6,9-10,13,18H,7-8,11-12,14H2,1-3H3. The van der Waals surface area contributed by atoms with Crippen molar-refractivity contribution in [1.82, 2.24) is 24.5 Å². The molecule has 0 spiro atoms. The molecule has 4 aromatic rings. The lowest BCUT2D eigenvalue weighted by atomic mass is 9.87. The maximum absolute atomic E-state index is 14.6. The number of para-hydroxylation sites is 1. The van der Waals surface area contributed by atoms with Crippen molar-refractivity contribution in [3.05, 3.63) is 86.7 Å². The van der Waals surface area contributed by atoms with Gasteiger partial charge in [-0.15, -0.1) is 0 Å². The Bertz CT molecular complexity index is 1550. The first-order chi connectivity index (χ1) is 18.1. The maximum atomic E-state index is 14.6. The average Bonchev–Trinajstić information content (AvgIpc) is 2.87. The molecule has 0 unspecified atom stereocenters. The average molecular weight is 527 g/mol. The quantitative estimate of drug-likeness (QED) is 0.345. The number of rotatable bonds is 4. The minimum absolute atomic E-state index is 0.173. The molecule has 0 radical (unpaired) electrons. The summed E-state index contributed by atoms with van der Waals surface area (Å²) in [6, 6.07) is 4.97. The van der Waals surface area contributed by atoms with Crippen LogP contribution in [0.3, 0.4) is 0 Å². The molecule has 0 saturated carbocycles. The van der Waals surface area contributed by atoms with Crippen molar-refractivity contribution in [2.75, 3.05) is 18.0 Å². The fraction of sp³-hybridized carbons (Fsp3) is 0.370. The monoisotopic (exact) mass is 526 g/mol. The van der Waals surface area contributed by atoms with Crippen LogP contribution < -0.4 is 10.5 Å². The molecule has 1 aliphatic rings. The lowest BCUT2D eigenvalue weighted by Crippen LogP contribution is -2.37. The summed E-state index contributed by atoms with van der Waals surface area (Å²) in [5, 5.41) is 0. The summed E-state index contributed by atoms with van der Waals surface area (Å²) in [7, 11) is 0. The zero-order valence-electron chi connectivity index (χ0n) is 21.2. The third kappa shape index (κ3) is 4.61. The Morgan fingerprint density at radius 1 is 1.03 bits per heavy atom. The van der Waals surface area contributed by atoms with Gasteiger partial charge in [0.1, 0.15) is 11.3 Å². The summed E-state index contributed by atoms with van der Waals surface area (Å²) in [6.45, 7) is 5.98. The topological polar surface area (TPSA) is 76.8 Å². The van der Waals surface area contributed by atoms with Gasteiger partial charge in [-0.2, -0.15) is 13.2 Å². The van der Waals surface area contributed by atoms with Gasteiger partial charge >= 0.3 is 6.18 Å². The van der Waals surface area contributed by atoms with Gasteiger partial charge in [-0.1, -0.05) is 12.1 Å². The van der Waals surface area contributed by atoms with Gasteiger partial charge in [-0.25, -0.2) is 14.4 Å². The van der Waals surface area contributed by atoms with Crippen molar-refractivity contribution in [3.63, 3.8) is 0 Å². The van der Waals surface area contributed by atoms with Gasteiger partial charge in [0, 0.05) is 37.2 Å². The Morgan fingerprint density at radius 3 is 2.42 bits per heavy atom. The van der Waals surface area contributed by atoms with Gasteiger partial charge in [-0.05, 0) is 56.7 Å². The summed E-state index contributed by atoms with van der Waals surface area (Å²) in [4.78, 5) is 32.3. The molecule has 0 aliphatic carbocycles. The molecule has 1 fully saturated rings. The van der Waals surface area contributed by atoms with Crippen LogP contribution in [0.2, 0.25) is 0 Å². The molecule has 4 heterocycles. The van der Waals surface area contributed by atoms with E-state index in [1.54, 1.807) is 26.1 Å². The van der Waals surface area contributed by atoms with E-state index < -0.39 is 24.0 Å². The molecule has 0 amide bonds. The van der Waals surface area contributed by atoms with Gasteiger partial charge < -0.3 is 4.90 Å². The summed E-state index contributed by atoms with van der Waals surface area (Å²) in [5.74, 6) is -0.462. The molecule has 5 rings (SSSR count). The van der Waals surface area contributed by atoms with Gasteiger partial charge in [0.05, 0.1) is 23.6 Å². The minimum atomic E-state index is -4.73. The number of fused-ring (bicyclic) bond motifs is 1. The normalized spacial score (nSPS) is 14.9. The molecule has 7 nitrogen and oxygen atoms in total. The lowest BCUT2D eigenvalue weighted by Gasteiger charge is -2.35. The van der Waals surface area contributed by atoms with E-state index in [-0.39, 0.29) is 23.1 Å². The fourth-order valence-corrected chi connectivity index (χ4v) is 5.36. The largest absolute Gasteiger partial charge is 0.435 e. The Labute approximate surface area is 216 Å². The number of nitrogens with zero attached hydrogens (tertiary/aromatic N) is 6. The third-order valence-electron chi connectivity index (χ3n) is 7.12. The van der Waals surface area contributed by atoms with Crippen molar-refractivity contribution >= 4 is 16.9 Å². The molecule has 38 heavy (non-hydrogen) atoms.